The summed E-state index contributed by atoms with van der Waals surface area (Å²) in [4.78, 5) is 4.43. The van der Waals surface area contributed by atoms with E-state index in [0.717, 1.165) is 25.2 Å². The highest BCUT2D eigenvalue weighted by Crippen LogP contribution is 2.06. The van der Waals surface area contributed by atoms with E-state index in [-0.39, 0.29) is 24.0 Å². The Morgan fingerprint density at radius 3 is 2.62 bits per heavy atom. The van der Waals surface area contributed by atoms with Crippen LogP contribution in [0.25, 0.3) is 0 Å². The van der Waals surface area contributed by atoms with E-state index in [9.17, 15) is 0 Å². The number of nitrogens with two attached hydrogens (primary N) is 1. The number of guanidine groups is 1. The van der Waals surface area contributed by atoms with Crippen LogP contribution in [0.3, 0.4) is 0 Å². The van der Waals surface area contributed by atoms with Crippen molar-refractivity contribution in [2.24, 2.45) is 16.6 Å². The Labute approximate surface area is 161 Å². The lowest BCUT2D eigenvalue weighted by molar-refractivity contribution is 0.450. The number of nitrogens with one attached hydrogen (secondary N) is 1. The molecule has 0 aliphatic carbocycles. The lowest BCUT2D eigenvalue weighted by atomic mass is 10.1. The molecule has 2 aromatic rings. The van der Waals surface area contributed by atoms with Crippen LogP contribution >= 0.6 is 24.0 Å². The summed E-state index contributed by atoms with van der Waals surface area (Å²) in [5, 5.41) is 7.65. The maximum absolute atomic E-state index is 5.93. The normalized spacial score (nSPS) is 12.5. The molecule has 1 unspecified atom stereocenters. The molecule has 0 bridgehead atoms. The SMILES string of the molecule is Cc1cc(C)n(CC(C)CN=C(N)NCCc2ccccc2)n1.I. The third-order valence-corrected chi connectivity index (χ3v) is 3.72. The topological polar surface area (TPSA) is 68.2 Å². The Balaban J connectivity index is 0.00000288. The third-order valence-electron chi connectivity index (χ3n) is 3.72. The summed E-state index contributed by atoms with van der Waals surface area (Å²) >= 11 is 0. The summed E-state index contributed by atoms with van der Waals surface area (Å²) in [7, 11) is 0. The predicted octanol–water partition coefficient (Wildman–Crippen LogP) is 2.90. The highest BCUT2D eigenvalue weighted by molar-refractivity contribution is 14.0. The summed E-state index contributed by atoms with van der Waals surface area (Å²) in [6, 6.07) is 12.4. The number of hydrogen-bond donors (Lipinski definition) is 2. The monoisotopic (exact) mass is 441 g/mol. The van der Waals surface area contributed by atoms with Gasteiger partial charge < -0.3 is 11.1 Å². The van der Waals surface area contributed by atoms with Crippen molar-refractivity contribution >= 4 is 29.9 Å². The molecule has 0 fully saturated rings. The lowest BCUT2D eigenvalue weighted by Gasteiger charge is -2.11. The smallest absolute Gasteiger partial charge is 0.188 e. The van der Waals surface area contributed by atoms with Gasteiger partial charge in [-0.05, 0) is 37.8 Å². The maximum atomic E-state index is 5.93. The van der Waals surface area contributed by atoms with Crippen LogP contribution in [0, 0.1) is 19.8 Å². The minimum Gasteiger partial charge on any atom is -0.370 e. The molecule has 0 spiro atoms. The van der Waals surface area contributed by atoms with Gasteiger partial charge in [-0.2, -0.15) is 5.10 Å². The van der Waals surface area contributed by atoms with Crippen LogP contribution in [0.5, 0.6) is 0 Å². The number of aromatic nitrogens is 2. The van der Waals surface area contributed by atoms with Gasteiger partial charge in [0.2, 0.25) is 0 Å². The first-order valence-electron chi connectivity index (χ1n) is 8.13. The van der Waals surface area contributed by atoms with Gasteiger partial charge in [-0.15, -0.1) is 24.0 Å². The molecule has 3 N–H and O–H groups in total. The van der Waals surface area contributed by atoms with Gasteiger partial charge in [-0.25, -0.2) is 0 Å². The molecule has 1 heterocycles. The Hall–Kier alpha value is -1.57. The number of nitrogens with zero attached hydrogens (tertiary/aromatic N) is 3. The highest BCUT2D eigenvalue weighted by Gasteiger charge is 2.06. The largest absolute Gasteiger partial charge is 0.370 e. The molecule has 0 saturated carbocycles. The molecular formula is C18H28IN5. The molecule has 1 aromatic carbocycles. The zero-order valence-corrected chi connectivity index (χ0v) is 17.0. The molecule has 132 valence electrons. The van der Waals surface area contributed by atoms with Gasteiger partial charge in [-0.3, -0.25) is 9.67 Å². The van der Waals surface area contributed by atoms with Crippen LogP contribution < -0.4 is 11.1 Å². The number of hydrogen-bond acceptors (Lipinski definition) is 2. The highest BCUT2D eigenvalue weighted by atomic mass is 127. The summed E-state index contributed by atoms with van der Waals surface area (Å²) in [6.07, 6.45) is 0.943. The fourth-order valence-electron chi connectivity index (χ4n) is 2.50. The second kappa shape index (κ2) is 10.3. The standard InChI is InChI=1S/C18H27N5.HI/c1-14(13-23-16(3)11-15(2)22-23)12-21-18(19)20-10-9-17-7-5-4-6-8-17;/h4-8,11,14H,9-10,12-13H2,1-3H3,(H3,19,20,21);1H. The van der Waals surface area contributed by atoms with Gasteiger partial charge in [0.05, 0.1) is 5.69 Å². The van der Waals surface area contributed by atoms with Crippen LogP contribution in [-0.2, 0) is 13.0 Å². The molecular weight excluding hydrogens is 413 g/mol. The van der Waals surface area contributed by atoms with Crippen molar-refractivity contribution < 1.29 is 0 Å². The van der Waals surface area contributed by atoms with Crippen LogP contribution in [-0.4, -0.2) is 28.8 Å². The molecule has 5 nitrogen and oxygen atoms in total. The van der Waals surface area contributed by atoms with Gasteiger partial charge in [0.25, 0.3) is 0 Å². The van der Waals surface area contributed by atoms with E-state index in [2.05, 4.69) is 47.5 Å². The molecule has 1 atom stereocenters. The number of aryl methyl sites for hydroxylation is 2. The van der Waals surface area contributed by atoms with Crippen LogP contribution in [0.2, 0.25) is 0 Å². The number of benzene rings is 1. The fraction of sp³-hybridized carbons (Fsp3) is 0.444. The van der Waals surface area contributed by atoms with Gasteiger partial charge in [0.15, 0.2) is 5.96 Å². The average Bonchev–Trinajstić information content (AvgIpc) is 2.84. The molecule has 0 radical (unpaired) electrons. The predicted molar refractivity (Wildman–Crippen MR) is 111 cm³/mol. The number of halogens is 1. The van der Waals surface area contributed by atoms with Gasteiger partial charge in [0, 0.05) is 25.3 Å². The second-order valence-electron chi connectivity index (χ2n) is 6.10. The van der Waals surface area contributed by atoms with E-state index in [0.29, 0.717) is 18.4 Å². The molecule has 0 aliphatic rings. The first-order valence-corrected chi connectivity index (χ1v) is 8.13. The lowest BCUT2D eigenvalue weighted by Crippen LogP contribution is -2.33. The number of rotatable bonds is 7. The number of aliphatic imine (C=N–C) groups is 1. The van der Waals surface area contributed by atoms with Crippen LogP contribution in [0.1, 0.15) is 23.9 Å². The quantitative estimate of drug-likeness (QED) is 0.395. The Bertz CT molecular complexity index is 636. The minimum absolute atomic E-state index is 0. The summed E-state index contributed by atoms with van der Waals surface area (Å²) in [5.74, 6) is 0.906. The Kier molecular flexibility index (Phi) is 8.81. The van der Waals surface area contributed by atoms with E-state index in [1.807, 2.05) is 29.8 Å². The summed E-state index contributed by atoms with van der Waals surface area (Å²) in [6.45, 7) is 8.61. The Morgan fingerprint density at radius 1 is 1.29 bits per heavy atom. The zero-order chi connectivity index (χ0) is 16.7. The molecule has 0 saturated heterocycles. The van der Waals surface area contributed by atoms with E-state index >= 15 is 0 Å². The fourth-order valence-corrected chi connectivity index (χ4v) is 2.50. The zero-order valence-electron chi connectivity index (χ0n) is 14.7. The van der Waals surface area contributed by atoms with Gasteiger partial charge >= 0.3 is 0 Å². The molecule has 2 rings (SSSR count). The summed E-state index contributed by atoms with van der Waals surface area (Å²) < 4.78 is 2.04. The van der Waals surface area contributed by atoms with Crippen molar-refractivity contribution in [2.75, 3.05) is 13.1 Å². The molecule has 6 heteroatoms. The maximum Gasteiger partial charge on any atom is 0.188 e. The third kappa shape index (κ3) is 6.90. The summed E-state index contributed by atoms with van der Waals surface area (Å²) in [5.41, 5.74) is 9.47. The van der Waals surface area contributed by atoms with Gasteiger partial charge in [-0.1, -0.05) is 37.3 Å². The first-order chi connectivity index (χ1) is 11.0. The average molecular weight is 441 g/mol. The van der Waals surface area contributed by atoms with E-state index < -0.39 is 0 Å². The van der Waals surface area contributed by atoms with Crippen molar-refractivity contribution in [3.05, 3.63) is 53.3 Å². The molecule has 0 amide bonds. The minimum atomic E-state index is 0. The molecule has 1 aromatic heterocycles. The Morgan fingerprint density at radius 2 is 2.00 bits per heavy atom. The first kappa shape index (κ1) is 20.5. The van der Waals surface area contributed by atoms with Crippen molar-refractivity contribution in [1.29, 1.82) is 0 Å². The van der Waals surface area contributed by atoms with Crippen molar-refractivity contribution in [1.82, 2.24) is 15.1 Å². The van der Waals surface area contributed by atoms with Crippen molar-refractivity contribution in [3.63, 3.8) is 0 Å². The van der Waals surface area contributed by atoms with Gasteiger partial charge in [0.1, 0.15) is 0 Å². The van der Waals surface area contributed by atoms with E-state index in [4.69, 9.17) is 5.73 Å². The molecule has 24 heavy (non-hydrogen) atoms. The molecule has 0 aliphatic heterocycles. The van der Waals surface area contributed by atoms with Crippen LogP contribution in [0.4, 0.5) is 0 Å². The van der Waals surface area contributed by atoms with Crippen molar-refractivity contribution in [3.8, 4) is 0 Å². The van der Waals surface area contributed by atoms with Crippen LogP contribution in [0.15, 0.2) is 41.4 Å². The van der Waals surface area contributed by atoms with E-state index in [1.165, 1.54) is 11.3 Å². The second-order valence-corrected chi connectivity index (χ2v) is 6.10. The van der Waals surface area contributed by atoms with E-state index in [1.54, 1.807) is 0 Å². The van der Waals surface area contributed by atoms with Crippen molar-refractivity contribution in [2.45, 2.75) is 33.7 Å².